The number of hydrogen-bond acceptors (Lipinski definition) is 5. The first kappa shape index (κ1) is 20.5. The lowest BCUT2D eigenvalue weighted by Gasteiger charge is -2.35. The Morgan fingerprint density at radius 2 is 2.07 bits per heavy atom. The van der Waals surface area contributed by atoms with Crippen LogP contribution in [0.4, 0.5) is 15.9 Å². The number of nitrogens with one attached hydrogen (secondary N) is 1. The number of ether oxygens (including phenoxy) is 1. The number of primary amides is 1. The quantitative estimate of drug-likeness (QED) is 0.613. The van der Waals surface area contributed by atoms with Crippen molar-refractivity contribution in [2.24, 2.45) is 22.6 Å². The second-order valence-electron chi connectivity index (χ2n) is 8.31. The molecular weight excluding hydrogens is 385 g/mol. The second-order valence-corrected chi connectivity index (χ2v) is 8.31. The minimum absolute atomic E-state index is 0.0816. The Morgan fingerprint density at radius 3 is 2.73 bits per heavy atom. The molecule has 2 aliphatic rings. The van der Waals surface area contributed by atoms with Crippen molar-refractivity contribution in [2.45, 2.75) is 44.2 Å². The van der Waals surface area contributed by atoms with Crippen molar-refractivity contribution in [3.63, 3.8) is 0 Å². The molecule has 0 spiro atoms. The fraction of sp³-hybridized carbons (Fsp3) is 0.500. The smallest absolute Gasteiger partial charge is 0.254 e. The summed E-state index contributed by atoms with van der Waals surface area (Å²) in [4.78, 5) is 16.1. The Morgan fingerprint density at radius 1 is 1.30 bits per heavy atom. The molecule has 1 aromatic heterocycles. The molecule has 4 rings (SSSR count). The third-order valence-corrected chi connectivity index (χ3v) is 5.97. The molecule has 8 heteroatoms. The minimum Gasteiger partial charge on any atom is -0.378 e. The van der Waals surface area contributed by atoms with E-state index in [9.17, 15) is 9.18 Å². The van der Waals surface area contributed by atoms with E-state index in [2.05, 4.69) is 22.1 Å². The molecule has 0 bridgehead atoms. The van der Waals surface area contributed by atoms with E-state index in [1.807, 2.05) is 4.68 Å². The summed E-state index contributed by atoms with van der Waals surface area (Å²) < 4.78 is 21.1. The molecule has 3 unspecified atom stereocenters. The fourth-order valence-corrected chi connectivity index (χ4v) is 4.13. The molecule has 2 saturated carbocycles. The van der Waals surface area contributed by atoms with E-state index in [-0.39, 0.29) is 23.9 Å². The van der Waals surface area contributed by atoms with Crippen LogP contribution in [0, 0.1) is 17.7 Å². The molecule has 2 fully saturated rings. The average Bonchev–Trinajstić information content (AvgIpc) is 3.47. The number of hydrogen-bond donors (Lipinski definition) is 2. The van der Waals surface area contributed by atoms with E-state index in [1.54, 1.807) is 18.3 Å². The van der Waals surface area contributed by atoms with Gasteiger partial charge in [0.2, 0.25) is 0 Å². The van der Waals surface area contributed by atoms with E-state index in [0.717, 1.165) is 31.8 Å². The molecule has 2 aliphatic carbocycles. The number of nitrogens with zero attached hydrogens (tertiary/aromatic N) is 3. The van der Waals surface area contributed by atoms with Crippen LogP contribution in [0.25, 0.3) is 0 Å². The molecule has 3 atom stereocenters. The number of anilines is 2. The van der Waals surface area contributed by atoms with Gasteiger partial charge in [0.1, 0.15) is 11.4 Å². The van der Waals surface area contributed by atoms with Crippen LogP contribution in [-0.4, -0.2) is 41.7 Å². The van der Waals surface area contributed by atoms with Crippen molar-refractivity contribution in [2.75, 3.05) is 18.5 Å². The van der Waals surface area contributed by atoms with Crippen molar-refractivity contribution in [1.29, 1.82) is 0 Å². The second kappa shape index (κ2) is 8.95. The predicted molar refractivity (Wildman–Crippen MR) is 114 cm³/mol. The van der Waals surface area contributed by atoms with Gasteiger partial charge in [0.05, 0.1) is 12.1 Å². The highest BCUT2D eigenvalue weighted by atomic mass is 19.1. The summed E-state index contributed by atoms with van der Waals surface area (Å²) in [6.07, 6.45) is 7.20. The Hall–Kier alpha value is -2.74. The van der Waals surface area contributed by atoms with Crippen LogP contribution in [-0.2, 0) is 4.74 Å². The van der Waals surface area contributed by atoms with Crippen molar-refractivity contribution in [3.05, 3.63) is 41.8 Å². The van der Waals surface area contributed by atoms with Gasteiger partial charge < -0.3 is 20.8 Å². The lowest BCUT2D eigenvalue weighted by atomic mass is 9.82. The van der Waals surface area contributed by atoms with Crippen LogP contribution < -0.4 is 11.1 Å². The Kier molecular flexibility index (Phi) is 6.13. The van der Waals surface area contributed by atoms with Gasteiger partial charge in [-0.2, -0.15) is 5.10 Å². The zero-order valence-electron chi connectivity index (χ0n) is 17.0. The van der Waals surface area contributed by atoms with Crippen molar-refractivity contribution in [1.82, 2.24) is 9.78 Å². The molecule has 0 radical (unpaired) electrons. The van der Waals surface area contributed by atoms with Gasteiger partial charge in [0.25, 0.3) is 5.91 Å². The number of carbonyl (C=O) groups is 1. The van der Waals surface area contributed by atoms with Crippen LogP contribution in [0.15, 0.2) is 35.5 Å². The maximum Gasteiger partial charge on any atom is 0.254 e. The predicted octanol–water partition coefficient (Wildman–Crippen LogP) is 3.70. The van der Waals surface area contributed by atoms with Crippen LogP contribution in [0.1, 0.15) is 48.5 Å². The van der Waals surface area contributed by atoms with Crippen LogP contribution in [0.3, 0.4) is 0 Å². The summed E-state index contributed by atoms with van der Waals surface area (Å²) >= 11 is 0. The molecule has 1 aromatic carbocycles. The van der Waals surface area contributed by atoms with Gasteiger partial charge in [-0.05, 0) is 69.0 Å². The average molecular weight is 413 g/mol. The molecule has 30 heavy (non-hydrogen) atoms. The van der Waals surface area contributed by atoms with Gasteiger partial charge >= 0.3 is 0 Å². The number of halogens is 1. The third-order valence-electron chi connectivity index (χ3n) is 5.97. The monoisotopic (exact) mass is 413 g/mol. The van der Waals surface area contributed by atoms with Gasteiger partial charge in [-0.25, -0.2) is 4.39 Å². The molecule has 7 nitrogen and oxygen atoms in total. The highest BCUT2D eigenvalue weighted by Gasteiger charge is 2.34. The van der Waals surface area contributed by atoms with Gasteiger partial charge in [-0.3, -0.25) is 9.48 Å². The first-order valence-corrected chi connectivity index (χ1v) is 10.5. The summed E-state index contributed by atoms with van der Waals surface area (Å²) in [6, 6.07) is 5.95. The number of benzene rings is 1. The van der Waals surface area contributed by atoms with Crippen molar-refractivity contribution in [3.8, 4) is 0 Å². The van der Waals surface area contributed by atoms with Gasteiger partial charge in [-0.1, -0.05) is 0 Å². The fourth-order valence-electron chi connectivity index (χ4n) is 4.13. The van der Waals surface area contributed by atoms with Crippen molar-refractivity contribution >= 4 is 24.1 Å². The van der Waals surface area contributed by atoms with Crippen LogP contribution in [0.5, 0.6) is 0 Å². The van der Waals surface area contributed by atoms with E-state index >= 15 is 0 Å². The lowest BCUT2D eigenvalue weighted by molar-refractivity contribution is -0.00591. The molecule has 0 aliphatic heterocycles. The molecule has 0 saturated heterocycles. The zero-order valence-corrected chi connectivity index (χ0v) is 17.0. The van der Waals surface area contributed by atoms with E-state index in [1.165, 1.54) is 25.0 Å². The van der Waals surface area contributed by atoms with E-state index in [0.29, 0.717) is 23.6 Å². The molecule has 160 valence electrons. The highest BCUT2D eigenvalue weighted by Crippen LogP contribution is 2.38. The molecule has 1 heterocycles. The number of nitrogens with two attached hydrogens (primary N) is 1. The summed E-state index contributed by atoms with van der Waals surface area (Å²) in [7, 11) is 0. The first-order valence-electron chi connectivity index (χ1n) is 10.5. The largest absolute Gasteiger partial charge is 0.378 e. The van der Waals surface area contributed by atoms with E-state index in [4.69, 9.17) is 10.5 Å². The van der Waals surface area contributed by atoms with Crippen molar-refractivity contribution < 1.29 is 13.9 Å². The molecule has 3 N–H and O–H groups in total. The highest BCUT2D eigenvalue weighted by molar-refractivity contribution is 5.98. The zero-order chi connectivity index (χ0) is 21.1. The number of aromatic nitrogens is 2. The van der Waals surface area contributed by atoms with E-state index < -0.39 is 5.91 Å². The summed E-state index contributed by atoms with van der Waals surface area (Å²) in [6.45, 7) is 5.13. The Labute approximate surface area is 175 Å². The summed E-state index contributed by atoms with van der Waals surface area (Å²) in [5.41, 5.74) is 6.52. The normalized spacial score (nSPS) is 23.8. The van der Waals surface area contributed by atoms with Gasteiger partial charge in [0.15, 0.2) is 5.82 Å². The maximum atomic E-state index is 13.2. The number of rotatable bonds is 9. The summed E-state index contributed by atoms with van der Waals surface area (Å²) in [5.74, 6) is 0.432. The Balaban J connectivity index is 1.51. The van der Waals surface area contributed by atoms with Crippen LogP contribution >= 0.6 is 0 Å². The molecule has 2 aromatic rings. The SMILES string of the molecule is C=NCC1CC(OCC2CC2)CCC1n1cc(C(N)=O)c(Nc2ccc(F)cc2)n1. The molecule has 1 amide bonds. The maximum absolute atomic E-state index is 13.2. The summed E-state index contributed by atoms with van der Waals surface area (Å²) in [5, 5.41) is 7.70. The number of amides is 1. The topological polar surface area (TPSA) is 94.5 Å². The minimum atomic E-state index is -0.564. The third kappa shape index (κ3) is 4.87. The van der Waals surface area contributed by atoms with Crippen LogP contribution in [0.2, 0.25) is 0 Å². The van der Waals surface area contributed by atoms with Gasteiger partial charge in [-0.15, -0.1) is 0 Å². The number of carbonyl (C=O) groups excluding carboxylic acids is 1. The first-order chi connectivity index (χ1) is 14.5. The Bertz CT molecular complexity index is 893. The lowest BCUT2D eigenvalue weighted by Crippen LogP contribution is -2.33. The standard InChI is InChI=1S/C22H28FN5O2/c1-25-11-15-10-18(30-13-14-2-3-14)8-9-20(15)28-12-19(21(24)29)22(27-28)26-17-6-4-16(23)5-7-17/h4-7,12,14-15,18,20H,1-3,8-11,13H2,(H2,24,29)(H,26,27). The van der Waals surface area contributed by atoms with Gasteiger partial charge in [0, 0.05) is 31.0 Å². The number of aliphatic imine (C=N–C) groups is 1. The molecular formula is C22H28FN5O2.